The van der Waals surface area contributed by atoms with Crippen molar-refractivity contribution in [1.29, 1.82) is 0 Å². The highest BCUT2D eigenvalue weighted by Gasteiger charge is 2.21. The molecule has 0 unspecified atom stereocenters. The quantitative estimate of drug-likeness (QED) is 0.324. The normalized spacial score (nSPS) is 13.5. The average Bonchev–Trinajstić information content (AvgIpc) is 3.30. The van der Waals surface area contributed by atoms with Gasteiger partial charge in [-0.15, -0.1) is 0 Å². The standard InChI is InChI=1S/C31H28N4O5/c1-39-22-12-9-20(10-13-22)26-18-24(23-7-3-4-8-25(23)33-26)30(37)32-21-11-14-28-27(17-21)35(31(38)40-28)19-29(36)34-15-5-2-6-16-34/h3-4,7-14,17-18H,2,5-6,15-16,19H2,1H3,(H,32,37). The molecule has 2 aromatic heterocycles. The number of aromatic nitrogens is 2. The van der Waals surface area contributed by atoms with E-state index in [0.29, 0.717) is 52.0 Å². The van der Waals surface area contributed by atoms with Gasteiger partial charge >= 0.3 is 5.76 Å². The molecule has 3 heterocycles. The second-order valence-corrected chi connectivity index (χ2v) is 9.83. The minimum Gasteiger partial charge on any atom is -0.497 e. The molecule has 40 heavy (non-hydrogen) atoms. The summed E-state index contributed by atoms with van der Waals surface area (Å²) in [6, 6.07) is 21.7. The first-order valence-corrected chi connectivity index (χ1v) is 13.3. The van der Waals surface area contributed by atoms with E-state index in [1.54, 1.807) is 36.3 Å². The second kappa shape index (κ2) is 10.7. The highest BCUT2D eigenvalue weighted by molar-refractivity contribution is 6.13. The number of amides is 2. The van der Waals surface area contributed by atoms with Crippen LogP contribution < -0.4 is 15.8 Å². The molecule has 6 rings (SSSR count). The molecule has 1 fully saturated rings. The molecule has 3 aromatic carbocycles. The van der Waals surface area contributed by atoms with Gasteiger partial charge in [-0.3, -0.25) is 14.2 Å². The lowest BCUT2D eigenvalue weighted by Crippen LogP contribution is -2.39. The van der Waals surface area contributed by atoms with Crippen molar-refractivity contribution in [2.24, 2.45) is 0 Å². The van der Waals surface area contributed by atoms with Crippen molar-refractivity contribution in [3.8, 4) is 17.0 Å². The van der Waals surface area contributed by atoms with Crippen LogP contribution in [0.2, 0.25) is 0 Å². The summed E-state index contributed by atoms with van der Waals surface area (Å²) in [6.07, 6.45) is 3.04. The van der Waals surface area contributed by atoms with Crippen LogP contribution >= 0.6 is 0 Å². The van der Waals surface area contributed by atoms with Crippen LogP contribution in [-0.2, 0) is 11.3 Å². The third-order valence-corrected chi connectivity index (χ3v) is 7.27. The van der Waals surface area contributed by atoms with Crippen molar-refractivity contribution in [2.45, 2.75) is 25.8 Å². The lowest BCUT2D eigenvalue weighted by molar-refractivity contribution is -0.132. The largest absolute Gasteiger partial charge is 0.497 e. The number of pyridine rings is 1. The number of benzene rings is 3. The number of hydrogen-bond donors (Lipinski definition) is 1. The van der Waals surface area contributed by atoms with E-state index in [0.717, 1.165) is 30.6 Å². The van der Waals surface area contributed by atoms with Crippen molar-refractivity contribution in [3.05, 3.63) is 88.9 Å². The van der Waals surface area contributed by atoms with Crippen LogP contribution in [0.1, 0.15) is 29.6 Å². The van der Waals surface area contributed by atoms with Gasteiger partial charge in [0.1, 0.15) is 12.3 Å². The summed E-state index contributed by atoms with van der Waals surface area (Å²) in [5.74, 6) is -0.316. The smallest absolute Gasteiger partial charge is 0.420 e. The number of anilines is 1. The van der Waals surface area contributed by atoms with Gasteiger partial charge in [0, 0.05) is 29.7 Å². The number of methoxy groups -OCH3 is 1. The predicted molar refractivity (Wildman–Crippen MR) is 153 cm³/mol. The molecular weight excluding hydrogens is 508 g/mol. The molecule has 0 radical (unpaired) electrons. The van der Waals surface area contributed by atoms with Gasteiger partial charge in [0.15, 0.2) is 5.58 Å². The van der Waals surface area contributed by atoms with Crippen LogP contribution in [0.3, 0.4) is 0 Å². The van der Waals surface area contributed by atoms with E-state index in [9.17, 15) is 14.4 Å². The van der Waals surface area contributed by atoms with E-state index in [1.807, 2.05) is 48.5 Å². The number of piperidine rings is 1. The minimum absolute atomic E-state index is 0.108. The van der Waals surface area contributed by atoms with E-state index in [2.05, 4.69) is 5.32 Å². The SMILES string of the molecule is COc1ccc(-c2cc(C(=O)Nc3ccc4oc(=O)n(CC(=O)N5CCCCC5)c4c3)c3ccccc3n2)cc1. The molecule has 0 atom stereocenters. The fourth-order valence-corrected chi connectivity index (χ4v) is 5.14. The molecule has 1 aliphatic rings. The van der Waals surface area contributed by atoms with Gasteiger partial charge in [0.05, 0.1) is 29.4 Å². The lowest BCUT2D eigenvalue weighted by Gasteiger charge is -2.26. The monoisotopic (exact) mass is 536 g/mol. The van der Waals surface area contributed by atoms with Gasteiger partial charge in [-0.25, -0.2) is 9.78 Å². The summed E-state index contributed by atoms with van der Waals surface area (Å²) < 4.78 is 12.0. The van der Waals surface area contributed by atoms with Gasteiger partial charge in [0.2, 0.25) is 5.91 Å². The van der Waals surface area contributed by atoms with E-state index in [1.165, 1.54) is 4.57 Å². The first-order chi connectivity index (χ1) is 19.5. The van der Waals surface area contributed by atoms with Crippen molar-refractivity contribution in [1.82, 2.24) is 14.5 Å². The molecule has 9 nitrogen and oxygen atoms in total. The maximum absolute atomic E-state index is 13.6. The molecule has 2 amide bonds. The van der Waals surface area contributed by atoms with Crippen molar-refractivity contribution in [3.63, 3.8) is 0 Å². The van der Waals surface area contributed by atoms with Gasteiger partial charge in [-0.05, 0) is 73.9 Å². The summed E-state index contributed by atoms with van der Waals surface area (Å²) in [4.78, 5) is 45.6. The van der Waals surface area contributed by atoms with E-state index < -0.39 is 5.76 Å². The summed E-state index contributed by atoms with van der Waals surface area (Å²) in [5.41, 5.74) is 3.93. The van der Waals surface area contributed by atoms with Gasteiger partial charge in [-0.2, -0.15) is 0 Å². The number of hydrogen-bond acceptors (Lipinski definition) is 6. The molecule has 0 aliphatic carbocycles. The Kier molecular flexibility index (Phi) is 6.77. The zero-order valence-corrected chi connectivity index (χ0v) is 22.1. The van der Waals surface area contributed by atoms with Crippen LogP contribution in [0.15, 0.2) is 82.0 Å². The molecule has 9 heteroatoms. The van der Waals surface area contributed by atoms with E-state index in [-0.39, 0.29) is 18.4 Å². The molecular formula is C31H28N4O5. The molecule has 5 aromatic rings. The Balaban J connectivity index is 1.32. The molecule has 0 saturated carbocycles. The fourth-order valence-electron chi connectivity index (χ4n) is 5.14. The third-order valence-electron chi connectivity index (χ3n) is 7.27. The zero-order chi connectivity index (χ0) is 27.6. The highest BCUT2D eigenvalue weighted by Crippen LogP contribution is 2.28. The fraction of sp³-hybridized carbons (Fsp3) is 0.226. The minimum atomic E-state index is -0.604. The number of likely N-dealkylation sites (tertiary alicyclic amines) is 1. The van der Waals surface area contributed by atoms with Gasteiger partial charge in [0.25, 0.3) is 5.91 Å². The summed E-state index contributed by atoms with van der Waals surface area (Å²) in [5, 5.41) is 3.67. The Hall–Kier alpha value is -4.92. The van der Waals surface area contributed by atoms with Crippen molar-refractivity contribution >= 4 is 39.5 Å². The van der Waals surface area contributed by atoms with E-state index in [4.69, 9.17) is 14.1 Å². The van der Waals surface area contributed by atoms with Crippen molar-refractivity contribution < 1.29 is 18.7 Å². The average molecular weight is 537 g/mol. The maximum atomic E-state index is 13.6. The number of oxazole rings is 1. The molecule has 1 N–H and O–H groups in total. The number of carbonyl (C=O) groups is 2. The Morgan fingerprint density at radius 2 is 1.75 bits per heavy atom. The van der Waals surface area contributed by atoms with Crippen molar-refractivity contribution in [2.75, 3.05) is 25.5 Å². The van der Waals surface area contributed by atoms with Crippen LogP contribution in [-0.4, -0.2) is 46.5 Å². The molecule has 1 saturated heterocycles. The topological polar surface area (TPSA) is 107 Å². The third kappa shape index (κ3) is 4.93. The van der Waals surface area contributed by atoms with Crippen LogP contribution in [0.4, 0.5) is 5.69 Å². The predicted octanol–water partition coefficient (Wildman–Crippen LogP) is 5.08. The van der Waals surface area contributed by atoms with Crippen LogP contribution in [0.5, 0.6) is 5.75 Å². The number of carbonyl (C=O) groups excluding carboxylic acids is 2. The Morgan fingerprint density at radius 3 is 2.52 bits per heavy atom. The first kappa shape index (κ1) is 25.4. The first-order valence-electron chi connectivity index (χ1n) is 13.3. The Morgan fingerprint density at radius 1 is 0.975 bits per heavy atom. The van der Waals surface area contributed by atoms with Crippen LogP contribution in [0.25, 0.3) is 33.3 Å². The highest BCUT2D eigenvalue weighted by atomic mass is 16.5. The maximum Gasteiger partial charge on any atom is 0.420 e. The molecule has 1 aliphatic heterocycles. The number of nitrogens with zero attached hydrogens (tertiary/aromatic N) is 3. The lowest BCUT2D eigenvalue weighted by atomic mass is 10.0. The zero-order valence-electron chi connectivity index (χ0n) is 22.1. The number of nitrogens with one attached hydrogen (secondary N) is 1. The Bertz CT molecular complexity index is 1780. The molecule has 0 spiro atoms. The summed E-state index contributed by atoms with van der Waals surface area (Å²) >= 11 is 0. The van der Waals surface area contributed by atoms with Gasteiger partial charge in [-0.1, -0.05) is 18.2 Å². The number of ether oxygens (including phenoxy) is 1. The number of para-hydroxylation sites is 1. The number of rotatable bonds is 6. The summed E-state index contributed by atoms with van der Waals surface area (Å²) in [7, 11) is 1.61. The molecule has 0 bridgehead atoms. The van der Waals surface area contributed by atoms with Crippen LogP contribution in [0, 0.1) is 0 Å². The Labute approximate surface area is 230 Å². The number of fused-ring (bicyclic) bond motifs is 2. The molecule has 202 valence electrons. The van der Waals surface area contributed by atoms with E-state index >= 15 is 0 Å². The second-order valence-electron chi connectivity index (χ2n) is 9.83. The van der Waals surface area contributed by atoms with Gasteiger partial charge < -0.3 is 19.4 Å². The summed E-state index contributed by atoms with van der Waals surface area (Å²) in [6.45, 7) is 1.29.